The van der Waals surface area contributed by atoms with Gasteiger partial charge >= 0.3 is 6.61 Å². The molecule has 1 atom stereocenters. The molecule has 1 unspecified atom stereocenters. The van der Waals surface area contributed by atoms with Crippen LogP contribution in [0.25, 0.3) is 0 Å². The molecule has 7 heteroatoms. The van der Waals surface area contributed by atoms with Gasteiger partial charge in [-0.15, -0.1) is 12.4 Å². The Kier molecular flexibility index (Phi) is 8.26. The zero-order valence-electron chi connectivity index (χ0n) is 13.1. The van der Waals surface area contributed by atoms with Crippen molar-refractivity contribution in [1.29, 1.82) is 0 Å². The second-order valence-corrected chi connectivity index (χ2v) is 5.46. The third-order valence-electron chi connectivity index (χ3n) is 3.91. The zero-order chi connectivity index (χ0) is 15.9. The van der Waals surface area contributed by atoms with Crippen LogP contribution in [0.1, 0.15) is 24.8 Å². The van der Waals surface area contributed by atoms with E-state index in [9.17, 15) is 13.6 Å². The topological polar surface area (TPSA) is 41.6 Å². The molecule has 1 fully saturated rings. The van der Waals surface area contributed by atoms with E-state index in [2.05, 4.69) is 10.1 Å². The summed E-state index contributed by atoms with van der Waals surface area (Å²) in [5.41, 5.74) is 0.944. The summed E-state index contributed by atoms with van der Waals surface area (Å²) in [7, 11) is 1.89. The Morgan fingerprint density at radius 3 is 2.70 bits per heavy atom. The first-order valence-electron chi connectivity index (χ1n) is 7.58. The minimum Gasteiger partial charge on any atom is -0.435 e. The Morgan fingerprint density at radius 1 is 1.39 bits per heavy atom. The number of hydrogen-bond acceptors (Lipinski definition) is 3. The Bertz CT molecular complexity index is 485. The molecular formula is C16H23ClF2N2O2. The lowest BCUT2D eigenvalue weighted by molar-refractivity contribution is -0.131. The maximum Gasteiger partial charge on any atom is 0.387 e. The maximum atomic E-state index is 12.3. The molecule has 1 aliphatic rings. The van der Waals surface area contributed by atoms with Crippen molar-refractivity contribution in [3.63, 3.8) is 0 Å². The molecule has 4 nitrogen and oxygen atoms in total. The molecule has 1 saturated heterocycles. The number of likely N-dealkylation sites (N-methyl/N-ethyl adjacent to an activating group) is 1. The molecule has 1 aliphatic heterocycles. The van der Waals surface area contributed by atoms with E-state index in [1.54, 1.807) is 12.1 Å². The van der Waals surface area contributed by atoms with Gasteiger partial charge in [-0.2, -0.15) is 8.78 Å². The molecule has 1 N–H and O–H groups in total. The number of hydrogen-bond donors (Lipinski definition) is 1. The van der Waals surface area contributed by atoms with Gasteiger partial charge in [-0.05, 0) is 44.0 Å². The van der Waals surface area contributed by atoms with E-state index in [0.29, 0.717) is 18.9 Å². The van der Waals surface area contributed by atoms with E-state index >= 15 is 0 Å². The zero-order valence-corrected chi connectivity index (χ0v) is 14.0. The highest BCUT2D eigenvalue weighted by Crippen LogP contribution is 2.19. The van der Waals surface area contributed by atoms with Crippen LogP contribution >= 0.6 is 12.4 Å². The van der Waals surface area contributed by atoms with Gasteiger partial charge in [-0.25, -0.2) is 0 Å². The van der Waals surface area contributed by atoms with E-state index in [1.807, 2.05) is 11.9 Å². The van der Waals surface area contributed by atoms with Crippen LogP contribution in [0.4, 0.5) is 8.78 Å². The van der Waals surface area contributed by atoms with Crippen LogP contribution in [0.15, 0.2) is 24.3 Å². The molecule has 130 valence electrons. The summed E-state index contributed by atoms with van der Waals surface area (Å²) in [6, 6.07) is 6.75. The predicted molar refractivity (Wildman–Crippen MR) is 87.3 cm³/mol. The van der Waals surface area contributed by atoms with Crippen molar-refractivity contribution >= 4 is 18.3 Å². The van der Waals surface area contributed by atoms with Crippen molar-refractivity contribution in [2.75, 3.05) is 20.1 Å². The first kappa shape index (κ1) is 19.6. The summed E-state index contributed by atoms with van der Waals surface area (Å²) in [4.78, 5) is 14.2. The van der Waals surface area contributed by atoms with Crippen molar-refractivity contribution < 1.29 is 18.3 Å². The number of carbonyl (C=O) groups is 1. The van der Waals surface area contributed by atoms with Gasteiger partial charge in [0.05, 0.1) is 0 Å². The number of benzene rings is 1. The minimum atomic E-state index is -2.81. The molecule has 1 aromatic rings. The minimum absolute atomic E-state index is 0. The first-order chi connectivity index (χ1) is 10.6. The van der Waals surface area contributed by atoms with Gasteiger partial charge in [0.15, 0.2) is 0 Å². The molecule has 0 saturated carbocycles. The number of amides is 1. The number of halogens is 3. The Labute approximate surface area is 141 Å². The van der Waals surface area contributed by atoms with Crippen molar-refractivity contribution in [3.8, 4) is 5.75 Å². The summed E-state index contributed by atoms with van der Waals surface area (Å²) in [6.07, 6.45) is 3.15. The summed E-state index contributed by atoms with van der Waals surface area (Å²) in [6.45, 7) is -1.16. The van der Waals surface area contributed by atoms with Crippen molar-refractivity contribution in [3.05, 3.63) is 29.8 Å². The fourth-order valence-corrected chi connectivity index (χ4v) is 2.84. The largest absolute Gasteiger partial charge is 0.435 e. The molecule has 2 rings (SSSR count). The van der Waals surface area contributed by atoms with Gasteiger partial charge < -0.3 is 15.0 Å². The summed E-state index contributed by atoms with van der Waals surface area (Å²) in [5, 5.41) is 3.12. The van der Waals surface area contributed by atoms with E-state index in [-0.39, 0.29) is 24.1 Å². The normalized spacial score (nSPS) is 17.2. The monoisotopic (exact) mass is 348 g/mol. The molecule has 0 radical (unpaired) electrons. The fraction of sp³-hybridized carbons (Fsp3) is 0.562. The average Bonchev–Trinajstić information content (AvgIpc) is 2.94. The van der Waals surface area contributed by atoms with Crippen LogP contribution < -0.4 is 10.1 Å². The average molecular weight is 349 g/mol. The SMILES string of the molecule is CNCC1CCCN1C(=O)CCc1ccc(OC(F)F)cc1.Cl. The van der Waals surface area contributed by atoms with E-state index < -0.39 is 6.61 Å². The maximum absolute atomic E-state index is 12.3. The number of ether oxygens (including phenoxy) is 1. The van der Waals surface area contributed by atoms with Gasteiger partial charge in [0.2, 0.25) is 5.91 Å². The highest BCUT2D eigenvalue weighted by molar-refractivity contribution is 5.85. The molecule has 23 heavy (non-hydrogen) atoms. The standard InChI is InChI=1S/C16H22F2N2O2.ClH/c1-19-11-13-3-2-10-20(13)15(21)9-6-12-4-7-14(8-5-12)22-16(17)18;/h4-5,7-8,13,16,19H,2-3,6,9-11H2,1H3;1H. The van der Waals surface area contributed by atoms with Crippen LogP contribution in [-0.4, -0.2) is 43.6 Å². The molecular weight excluding hydrogens is 326 g/mol. The lowest BCUT2D eigenvalue weighted by Crippen LogP contribution is -2.40. The van der Waals surface area contributed by atoms with Crippen LogP contribution in [-0.2, 0) is 11.2 Å². The quantitative estimate of drug-likeness (QED) is 0.824. The lowest BCUT2D eigenvalue weighted by Gasteiger charge is -2.24. The second-order valence-electron chi connectivity index (χ2n) is 5.46. The van der Waals surface area contributed by atoms with Crippen molar-refractivity contribution in [2.45, 2.75) is 38.3 Å². The number of nitrogens with zero attached hydrogens (tertiary/aromatic N) is 1. The van der Waals surface area contributed by atoms with E-state index in [0.717, 1.165) is 31.5 Å². The number of aryl methyl sites for hydroxylation is 1. The number of nitrogens with one attached hydrogen (secondary N) is 1. The fourth-order valence-electron chi connectivity index (χ4n) is 2.84. The second kappa shape index (κ2) is 9.67. The number of rotatable bonds is 7. The predicted octanol–water partition coefficient (Wildman–Crippen LogP) is 2.85. The van der Waals surface area contributed by atoms with Crippen molar-refractivity contribution in [2.24, 2.45) is 0 Å². The van der Waals surface area contributed by atoms with E-state index in [4.69, 9.17) is 0 Å². The molecule has 0 bridgehead atoms. The van der Waals surface area contributed by atoms with Crippen molar-refractivity contribution in [1.82, 2.24) is 10.2 Å². The molecule has 0 aromatic heterocycles. The molecule has 1 amide bonds. The summed E-state index contributed by atoms with van der Waals surface area (Å²) >= 11 is 0. The van der Waals surface area contributed by atoms with Crippen LogP contribution in [0.5, 0.6) is 5.75 Å². The number of likely N-dealkylation sites (tertiary alicyclic amines) is 1. The molecule has 1 heterocycles. The van der Waals surface area contributed by atoms with Crippen LogP contribution in [0.2, 0.25) is 0 Å². The Balaban J connectivity index is 0.00000264. The molecule has 0 spiro atoms. The number of alkyl halides is 2. The van der Waals surface area contributed by atoms with Gasteiger partial charge in [-0.1, -0.05) is 12.1 Å². The van der Waals surface area contributed by atoms with Crippen LogP contribution in [0.3, 0.4) is 0 Å². The van der Waals surface area contributed by atoms with Gasteiger partial charge in [0, 0.05) is 25.6 Å². The van der Waals surface area contributed by atoms with Gasteiger partial charge in [-0.3, -0.25) is 4.79 Å². The smallest absolute Gasteiger partial charge is 0.387 e. The van der Waals surface area contributed by atoms with E-state index in [1.165, 1.54) is 12.1 Å². The highest BCUT2D eigenvalue weighted by Gasteiger charge is 2.27. The first-order valence-corrected chi connectivity index (χ1v) is 7.58. The number of carbonyl (C=O) groups excluding carboxylic acids is 1. The van der Waals surface area contributed by atoms with Crippen LogP contribution in [0, 0.1) is 0 Å². The third-order valence-corrected chi connectivity index (χ3v) is 3.91. The molecule has 1 aromatic carbocycles. The summed E-state index contributed by atoms with van der Waals surface area (Å²) < 4.78 is 28.4. The Morgan fingerprint density at radius 2 is 2.09 bits per heavy atom. The van der Waals surface area contributed by atoms with Gasteiger partial charge in [0.1, 0.15) is 5.75 Å². The lowest BCUT2D eigenvalue weighted by atomic mass is 10.1. The third kappa shape index (κ3) is 5.95. The Hall–Kier alpha value is -1.40. The summed E-state index contributed by atoms with van der Waals surface area (Å²) in [5.74, 6) is 0.296. The highest BCUT2D eigenvalue weighted by atomic mass is 35.5. The molecule has 0 aliphatic carbocycles. The van der Waals surface area contributed by atoms with Gasteiger partial charge in [0.25, 0.3) is 0 Å².